The van der Waals surface area contributed by atoms with E-state index in [0.717, 1.165) is 0 Å². The molecule has 3 heteroatoms. The maximum absolute atomic E-state index is 5.37. The van der Waals surface area contributed by atoms with E-state index in [1.807, 2.05) is 10.6 Å². The standard InChI is InChI=1S/2C20H15.C2H4.2ClH.Zr/c2*1-14-12-16-8-5-11-19(20(16)13-14)18-10-4-7-15-6-2-3-9-17(15)18;1-2;;;/h2*2-13H,1H3;1H,2H3;2*1H;/q2*-1;;;;+2/p-2. The third-order valence-corrected chi connectivity index (χ3v) is 11.8. The van der Waals surface area contributed by atoms with Crippen molar-refractivity contribution in [2.24, 2.45) is 0 Å². The van der Waals surface area contributed by atoms with Crippen LogP contribution in [0, 0.1) is 13.8 Å². The van der Waals surface area contributed by atoms with Crippen LogP contribution in [0.5, 0.6) is 0 Å². The second-order valence-corrected chi connectivity index (χ2v) is 20.1. The molecule has 0 aliphatic carbocycles. The van der Waals surface area contributed by atoms with Gasteiger partial charge in [-0.15, -0.1) is 69.1 Å². The van der Waals surface area contributed by atoms with Gasteiger partial charge in [-0.1, -0.05) is 122 Å². The molecule has 0 spiro atoms. The van der Waals surface area contributed by atoms with E-state index in [1.54, 1.807) is 0 Å². The zero-order valence-electron chi connectivity index (χ0n) is 25.7. The van der Waals surface area contributed by atoms with Gasteiger partial charge in [0.1, 0.15) is 0 Å². The van der Waals surface area contributed by atoms with Gasteiger partial charge in [-0.05, 0) is 32.7 Å². The van der Waals surface area contributed by atoms with Crippen LogP contribution < -0.4 is 0 Å². The predicted molar refractivity (Wildman–Crippen MR) is 198 cm³/mol. The molecular weight excluding hydrogens is 667 g/mol. The summed E-state index contributed by atoms with van der Waals surface area (Å²) < 4.78 is 1.89. The van der Waals surface area contributed by atoms with E-state index in [0.29, 0.717) is 0 Å². The van der Waals surface area contributed by atoms with Gasteiger partial charge in [0.25, 0.3) is 0 Å². The van der Waals surface area contributed by atoms with E-state index in [9.17, 15) is 0 Å². The molecule has 0 unspecified atom stereocenters. The molecule has 8 aromatic rings. The first kappa shape index (κ1) is 31.4. The summed E-state index contributed by atoms with van der Waals surface area (Å²) in [5.74, 6) is 0. The molecule has 0 atom stereocenters. The van der Waals surface area contributed by atoms with Gasteiger partial charge in [0.15, 0.2) is 0 Å². The molecule has 0 N–H and O–H groups in total. The van der Waals surface area contributed by atoms with Crippen molar-refractivity contribution in [3.8, 4) is 22.3 Å². The SMILES string of the molecule is C[CH]=[Zr]([Cl])[Cl].Cc1cc2c(-c3cccc4ccccc34)cccc2[cH-]1.Cc1cc2c(-c3cccc4ccccc34)cccc2[cH-]1. The zero-order valence-corrected chi connectivity index (χ0v) is 29.7. The predicted octanol–water partition coefficient (Wildman–Crippen LogP) is 13.1. The zero-order chi connectivity index (χ0) is 31.3. The molecule has 8 aromatic carbocycles. The van der Waals surface area contributed by atoms with Crippen molar-refractivity contribution in [2.45, 2.75) is 20.8 Å². The minimum absolute atomic E-state index is 1.30. The molecular formula is C42H34Cl2Zr-2. The molecule has 0 aromatic heterocycles. The Kier molecular flexibility index (Phi) is 9.92. The summed E-state index contributed by atoms with van der Waals surface area (Å²) in [6, 6.07) is 52.5. The van der Waals surface area contributed by atoms with E-state index in [1.165, 1.54) is 76.5 Å². The summed E-state index contributed by atoms with van der Waals surface area (Å²) in [5.41, 5.74) is 7.94. The Morgan fingerprint density at radius 3 is 1.20 bits per heavy atom. The Balaban J connectivity index is 0.000000139. The molecule has 0 aliphatic heterocycles. The van der Waals surface area contributed by atoms with Crippen LogP contribution in [0.1, 0.15) is 18.1 Å². The maximum atomic E-state index is 5.37. The molecule has 222 valence electrons. The second-order valence-electron chi connectivity index (χ2n) is 11.3. The molecule has 0 saturated carbocycles. The third-order valence-electron chi connectivity index (χ3n) is 8.17. The number of hydrogen-bond acceptors (Lipinski definition) is 0. The van der Waals surface area contributed by atoms with E-state index in [4.69, 9.17) is 17.0 Å². The van der Waals surface area contributed by atoms with E-state index in [-0.39, 0.29) is 0 Å². The Bertz CT molecular complexity index is 2110. The maximum Gasteiger partial charge on any atom is -0.0114 e. The molecule has 0 radical (unpaired) electrons. The van der Waals surface area contributed by atoms with Crippen LogP contribution >= 0.6 is 17.0 Å². The van der Waals surface area contributed by atoms with Crippen molar-refractivity contribution in [1.29, 1.82) is 0 Å². The second kappa shape index (κ2) is 14.2. The summed E-state index contributed by atoms with van der Waals surface area (Å²) in [6.07, 6.45) is 0. The first-order valence-corrected chi connectivity index (χ1v) is 22.9. The van der Waals surface area contributed by atoms with Crippen LogP contribution in [0.4, 0.5) is 0 Å². The fourth-order valence-electron chi connectivity index (χ4n) is 6.16. The quantitative estimate of drug-likeness (QED) is 0.158. The molecule has 45 heavy (non-hydrogen) atoms. The Morgan fingerprint density at radius 1 is 0.467 bits per heavy atom. The van der Waals surface area contributed by atoms with Gasteiger partial charge in [-0.2, -0.15) is 12.1 Å². The van der Waals surface area contributed by atoms with Gasteiger partial charge in [-0.3, -0.25) is 0 Å². The average molecular weight is 701 g/mol. The van der Waals surface area contributed by atoms with Crippen molar-refractivity contribution in [1.82, 2.24) is 0 Å². The van der Waals surface area contributed by atoms with Gasteiger partial charge in [0.05, 0.1) is 0 Å². The van der Waals surface area contributed by atoms with Crippen LogP contribution in [0.15, 0.2) is 146 Å². The number of aryl methyl sites for hydroxylation is 2. The molecule has 8 rings (SSSR count). The van der Waals surface area contributed by atoms with Gasteiger partial charge in [0, 0.05) is 0 Å². The largest absolute Gasteiger partial charge is 0.165 e. The summed E-state index contributed by atoms with van der Waals surface area (Å²) >= 11 is -1.76. The fourth-order valence-corrected chi connectivity index (χ4v) is 6.16. The van der Waals surface area contributed by atoms with Crippen molar-refractivity contribution in [2.75, 3.05) is 0 Å². The Labute approximate surface area is 280 Å². The molecule has 0 amide bonds. The first-order chi connectivity index (χ1) is 21.9. The van der Waals surface area contributed by atoms with Crippen LogP contribution in [0.3, 0.4) is 0 Å². The summed E-state index contributed by atoms with van der Waals surface area (Å²) in [7, 11) is 10.7. The van der Waals surface area contributed by atoms with Crippen molar-refractivity contribution >= 4 is 63.8 Å². The van der Waals surface area contributed by atoms with E-state index in [2.05, 4.69) is 159 Å². The normalized spacial score (nSPS) is 10.8. The number of rotatable bonds is 2. The minimum Gasteiger partial charge on any atom is -0.165 e. The third kappa shape index (κ3) is 6.97. The topological polar surface area (TPSA) is 0 Å². The van der Waals surface area contributed by atoms with Gasteiger partial charge in [0.2, 0.25) is 0 Å². The first-order valence-electron chi connectivity index (χ1n) is 15.2. The molecule has 0 fully saturated rings. The van der Waals surface area contributed by atoms with E-state index < -0.39 is 18.9 Å². The molecule has 0 nitrogen and oxygen atoms in total. The van der Waals surface area contributed by atoms with Crippen LogP contribution in [0.2, 0.25) is 0 Å². The minimum atomic E-state index is -1.76. The number of hydrogen-bond donors (Lipinski definition) is 0. The smallest absolute Gasteiger partial charge is 0.0114 e. The average Bonchev–Trinajstić information content (AvgIpc) is 3.65. The fraction of sp³-hybridized carbons (Fsp3) is 0.0714. The molecule has 0 bridgehead atoms. The molecule has 0 saturated heterocycles. The van der Waals surface area contributed by atoms with Crippen molar-refractivity contribution in [3.63, 3.8) is 0 Å². The van der Waals surface area contributed by atoms with Crippen molar-refractivity contribution < 1.29 is 18.9 Å². The number of benzene rings is 6. The van der Waals surface area contributed by atoms with Gasteiger partial charge >= 0.3 is 46.5 Å². The van der Waals surface area contributed by atoms with Gasteiger partial charge < -0.3 is 0 Å². The molecule has 0 heterocycles. The van der Waals surface area contributed by atoms with E-state index >= 15 is 0 Å². The van der Waals surface area contributed by atoms with Crippen LogP contribution in [0.25, 0.3) is 65.3 Å². The van der Waals surface area contributed by atoms with Gasteiger partial charge in [-0.25, -0.2) is 0 Å². The summed E-state index contributed by atoms with van der Waals surface area (Å²) in [6.45, 7) is 6.22. The van der Waals surface area contributed by atoms with Crippen LogP contribution in [-0.4, -0.2) is 3.71 Å². The number of fused-ring (bicyclic) bond motifs is 4. The monoisotopic (exact) mass is 698 g/mol. The Morgan fingerprint density at radius 2 is 0.800 bits per heavy atom. The Hall–Kier alpha value is -3.61. The van der Waals surface area contributed by atoms with Crippen LogP contribution in [-0.2, 0) is 18.9 Å². The summed E-state index contributed by atoms with van der Waals surface area (Å²) in [5, 5.41) is 10.6. The number of halogens is 2. The van der Waals surface area contributed by atoms with Crippen molar-refractivity contribution in [3.05, 3.63) is 157 Å². The summed E-state index contributed by atoms with van der Waals surface area (Å²) in [4.78, 5) is 0. The molecule has 0 aliphatic rings.